The van der Waals surface area contributed by atoms with Gasteiger partial charge in [-0.3, -0.25) is 24.0 Å². The average Bonchev–Trinajstić information content (AvgIpc) is 3.35. The van der Waals surface area contributed by atoms with Crippen LogP contribution in [0, 0.1) is 35.5 Å². The number of amides is 1. The second-order valence-electron chi connectivity index (χ2n) is 21.3. The van der Waals surface area contributed by atoms with E-state index in [0.29, 0.717) is 50.7 Å². The van der Waals surface area contributed by atoms with Gasteiger partial charge in [-0.05, 0) is 107 Å². The van der Waals surface area contributed by atoms with Gasteiger partial charge in [-0.2, -0.15) is 5.06 Å². The smallest absolute Gasteiger partial charge is 0.329 e. The highest BCUT2D eigenvalue weighted by Crippen LogP contribution is 2.38. The van der Waals surface area contributed by atoms with Crippen LogP contribution in [-0.2, 0) is 62.0 Å². The van der Waals surface area contributed by atoms with E-state index >= 15 is 0 Å². The maximum atomic E-state index is 14.6. The molecule has 2 saturated heterocycles. The van der Waals surface area contributed by atoms with Crippen LogP contribution in [-0.4, -0.2) is 161 Å². The van der Waals surface area contributed by atoms with Gasteiger partial charge in [0.1, 0.15) is 30.1 Å². The number of ether oxygens (including phenoxy) is 7. The molecule has 0 aromatic carbocycles. The Morgan fingerprint density at radius 1 is 0.806 bits per heavy atom. The number of ketones is 3. The number of nitrogens with zero attached hydrogens (tertiary/aromatic N) is 2. The molecule has 0 radical (unpaired) electrons. The molecule has 2 bridgehead atoms. The molecule has 16 heteroatoms. The summed E-state index contributed by atoms with van der Waals surface area (Å²) in [5.74, 6) is -7.40. The SMILES string of the molecule is CO[C@@H]1/C(C)=C/[C@@H](C)C(=O)C[C@@H]([C@H](C)C[C@@H]2CC[C@@H](OC)[C@H](OC)C2)OC(=O)[C@@H]2CCCCN2C(=O)C(=O)[C@]2(O)O[C@@H](CC[C@H]2C)CC(OCCON(C)C)/C(C)=C/C=C/C=C/[C@@H](C)C[C@@H](C)C(=O)[C@@H]1OC. The third-order valence-electron chi connectivity index (χ3n) is 15.4. The van der Waals surface area contributed by atoms with Gasteiger partial charge in [0.2, 0.25) is 5.79 Å². The number of Topliss-reactive ketones (excluding diaryl/α,β-unsaturated/α-hetero) is 3. The number of hydrogen-bond acceptors (Lipinski definition) is 15. The molecule has 0 aromatic rings. The zero-order valence-corrected chi connectivity index (χ0v) is 45.8. The first kappa shape index (κ1) is 61.1. The van der Waals surface area contributed by atoms with Crippen LogP contribution < -0.4 is 0 Å². The Hall–Kier alpha value is -3.45. The average molecular weight is 1020 g/mol. The van der Waals surface area contributed by atoms with Crippen molar-refractivity contribution in [3.63, 3.8) is 0 Å². The standard InChI is InChI=1S/C56H90N2O14/c1-35-19-15-14-16-20-36(2)47(69-27-28-70-57(8)9)33-43-24-22-41(7)56(64,72-43)53(61)54(62)58-26-18-17-21-44(58)55(63)71-48(38(4)31-42-23-25-46(65-10)49(32-42)66-11)34-45(59)37(3)30-40(6)51(67-12)52(68-13)50(60)39(5)29-35/h14-16,19-20,30,35,37-39,41-44,46-49,51-52,64H,17-18,21-29,31-34H2,1-13H3/b16-14+,19-15+,36-20+,40-30+/t35-,37-,38-,39-,41-,42+,43+,44+,46-,47?,48+,49-,51-,52+,56-/m1/s1. The fourth-order valence-corrected chi connectivity index (χ4v) is 11.0. The van der Waals surface area contributed by atoms with Gasteiger partial charge in [-0.15, -0.1) is 0 Å². The van der Waals surface area contributed by atoms with Crippen molar-refractivity contribution < 1.29 is 67.1 Å². The van der Waals surface area contributed by atoms with E-state index < -0.39 is 71.8 Å². The summed E-state index contributed by atoms with van der Waals surface area (Å²) in [6.45, 7) is 13.8. The maximum Gasteiger partial charge on any atom is 0.329 e. The van der Waals surface area contributed by atoms with Gasteiger partial charge >= 0.3 is 5.97 Å². The molecule has 15 atom stereocenters. The van der Waals surface area contributed by atoms with Gasteiger partial charge < -0.3 is 43.2 Å². The minimum atomic E-state index is -2.45. The van der Waals surface area contributed by atoms with Crippen LogP contribution in [0.3, 0.4) is 0 Å². The highest BCUT2D eigenvalue weighted by molar-refractivity contribution is 6.39. The molecular formula is C56H90N2O14. The number of hydroxylamine groups is 2. The number of carbonyl (C=O) groups excluding carboxylic acids is 5. The zero-order valence-electron chi connectivity index (χ0n) is 45.8. The molecule has 0 spiro atoms. The molecule has 4 aliphatic rings. The van der Waals surface area contributed by atoms with E-state index in [2.05, 4.69) is 0 Å². The van der Waals surface area contributed by atoms with Crippen molar-refractivity contribution in [2.75, 3.05) is 62.3 Å². The van der Waals surface area contributed by atoms with Crippen LogP contribution in [0.2, 0.25) is 0 Å². The molecule has 16 nitrogen and oxygen atoms in total. The fourth-order valence-electron chi connectivity index (χ4n) is 11.0. The first-order valence-electron chi connectivity index (χ1n) is 26.4. The third-order valence-corrected chi connectivity index (χ3v) is 15.4. The molecule has 1 aliphatic carbocycles. The molecule has 72 heavy (non-hydrogen) atoms. The number of hydrogen-bond donors (Lipinski definition) is 1. The van der Waals surface area contributed by atoms with Crippen LogP contribution >= 0.6 is 0 Å². The Balaban J connectivity index is 1.74. The molecule has 3 aliphatic heterocycles. The Kier molecular flexibility index (Phi) is 25.1. The lowest BCUT2D eigenvalue weighted by Gasteiger charge is -2.43. The summed E-state index contributed by atoms with van der Waals surface area (Å²) in [5, 5.41) is 13.7. The Morgan fingerprint density at radius 3 is 2.18 bits per heavy atom. The molecule has 408 valence electrons. The van der Waals surface area contributed by atoms with Crippen LogP contribution in [0.5, 0.6) is 0 Å². The molecule has 0 aromatic heterocycles. The van der Waals surface area contributed by atoms with Crippen molar-refractivity contribution in [2.24, 2.45) is 35.5 Å². The first-order chi connectivity index (χ1) is 34.2. The van der Waals surface area contributed by atoms with Gasteiger partial charge in [0.25, 0.3) is 11.7 Å². The zero-order chi connectivity index (χ0) is 53.3. The quantitative estimate of drug-likeness (QED) is 0.0672. The van der Waals surface area contributed by atoms with Crippen molar-refractivity contribution >= 4 is 29.2 Å². The van der Waals surface area contributed by atoms with Gasteiger partial charge in [0.05, 0.1) is 37.6 Å². The van der Waals surface area contributed by atoms with E-state index in [1.807, 2.05) is 65.0 Å². The lowest BCUT2D eigenvalue weighted by atomic mass is 9.78. The topological polar surface area (TPSA) is 186 Å². The number of aliphatic hydroxyl groups is 1. The summed E-state index contributed by atoms with van der Waals surface area (Å²) in [5.41, 5.74) is 1.52. The van der Waals surface area contributed by atoms with Crippen LogP contribution in [0.25, 0.3) is 0 Å². The highest BCUT2D eigenvalue weighted by atomic mass is 16.7. The van der Waals surface area contributed by atoms with Crippen molar-refractivity contribution in [1.29, 1.82) is 0 Å². The molecule has 3 heterocycles. The molecule has 1 amide bonds. The predicted octanol–water partition coefficient (Wildman–Crippen LogP) is 7.35. The van der Waals surface area contributed by atoms with E-state index in [1.54, 1.807) is 53.3 Å². The summed E-state index contributed by atoms with van der Waals surface area (Å²) in [7, 11) is 9.93. The summed E-state index contributed by atoms with van der Waals surface area (Å²) >= 11 is 0. The van der Waals surface area contributed by atoms with Crippen LogP contribution in [0.4, 0.5) is 0 Å². The van der Waals surface area contributed by atoms with Crippen molar-refractivity contribution in [2.45, 2.75) is 180 Å². The maximum absolute atomic E-state index is 14.6. The van der Waals surface area contributed by atoms with Gasteiger partial charge in [-0.25, -0.2) is 4.79 Å². The Bertz CT molecular complexity index is 1900. The van der Waals surface area contributed by atoms with Crippen LogP contribution in [0.1, 0.15) is 126 Å². The normalized spacial score (nSPS) is 37.7. The highest BCUT2D eigenvalue weighted by Gasteiger charge is 2.53. The largest absolute Gasteiger partial charge is 0.460 e. The van der Waals surface area contributed by atoms with E-state index in [0.717, 1.165) is 24.8 Å². The molecule has 4 rings (SSSR count). The van der Waals surface area contributed by atoms with E-state index in [-0.39, 0.29) is 79.9 Å². The van der Waals surface area contributed by atoms with Crippen molar-refractivity contribution in [3.8, 4) is 0 Å². The minimum Gasteiger partial charge on any atom is -0.460 e. The second-order valence-corrected chi connectivity index (χ2v) is 21.3. The van der Waals surface area contributed by atoms with E-state index in [1.165, 1.54) is 19.1 Å². The molecule has 3 fully saturated rings. The summed E-state index contributed by atoms with van der Waals surface area (Å²) in [6, 6.07) is -1.13. The number of cyclic esters (lactones) is 1. The van der Waals surface area contributed by atoms with Gasteiger partial charge in [0.15, 0.2) is 5.78 Å². The van der Waals surface area contributed by atoms with Crippen molar-refractivity contribution in [1.82, 2.24) is 9.96 Å². The Morgan fingerprint density at radius 2 is 1.51 bits per heavy atom. The summed E-state index contributed by atoms with van der Waals surface area (Å²) < 4.78 is 42.2. The molecular weight excluding hydrogens is 925 g/mol. The number of allylic oxidation sites excluding steroid dienone is 6. The van der Waals surface area contributed by atoms with E-state index in [9.17, 15) is 29.1 Å². The number of methoxy groups -OCH3 is 4. The number of carbonyl (C=O) groups is 5. The minimum absolute atomic E-state index is 0.0306. The van der Waals surface area contributed by atoms with Gasteiger partial charge in [0, 0.05) is 79.7 Å². The van der Waals surface area contributed by atoms with E-state index in [4.69, 9.17) is 38.0 Å². The number of fused-ring (bicyclic) bond motifs is 3. The predicted molar refractivity (Wildman–Crippen MR) is 273 cm³/mol. The van der Waals surface area contributed by atoms with Crippen molar-refractivity contribution in [3.05, 3.63) is 47.6 Å². The summed E-state index contributed by atoms with van der Waals surface area (Å²) in [6.07, 6.45) is 13.7. The number of esters is 1. The third kappa shape index (κ3) is 17.0. The summed E-state index contributed by atoms with van der Waals surface area (Å²) in [4.78, 5) is 78.7. The molecule has 1 N–H and O–H groups in total. The molecule has 1 saturated carbocycles. The van der Waals surface area contributed by atoms with Gasteiger partial charge in [-0.1, -0.05) is 71.1 Å². The Labute approximate surface area is 430 Å². The lowest BCUT2D eigenvalue weighted by molar-refractivity contribution is -0.266. The fraction of sp³-hybridized carbons (Fsp3) is 0.768. The second kappa shape index (κ2) is 29.6. The van der Waals surface area contributed by atoms with Crippen LogP contribution in [0.15, 0.2) is 47.6 Å². The number of piperidine rings is 1. The number of rotatable bonds is 12. The lowest BCUT2D eigenvalue weighted by Crippen LogP contribution is -2.61. The molecule has 1 unspecified atom stereocenters. The first-order valence-corrected chi connectivity index (χ1v) is 26.4. The monoisotopic (exact) mass is 1010 g/mol.